The molecule has 1 saturated heterocycles. The fraction of sp³-hybridized carbons (Fsp3) is 0.200. The first-order valence-corrected chi connectivity index (χ1v) is 12.2. The molecule has 0 bridgehead atoms. The van der Waals surface area contributed by atoms with Crippen molar-refractivity contribution < 1.29 is 13.9 Å². The molecule has 0 unspecified atom stereocenters. The Morgan fingerprint density at radius 1 is 1.08 bits per heavy atom. The molecule has 3 heterocycles. The Kier molecular flexibility index (Phi) is 6.74. The number of ether oxygens (including phenoxy) is 1. The first-order chi connectivity index (χ1) is 17.5. The van der Waals surface area contributed by atoms with Gasteiger partial charge in [0.05, 0.1) is 29.5 Å². The number of carbonyl (C=O) groups excluding carboxylic acids is 1. The molecule has 1 aliphatic rings. The van der Waals surface area contributed by atoms with Gasteiger partial charge in [-0.25, -0.2) is 24.1 Å². The van der Waals surface area contributed by atoms with Crippen molar-refractivity contribution >= 4 is 39.8 Å². The van der Waals surface area contributed by atoms with Crippen LogP contribution in [0.25, 0.3) is 21.8 Å². The fourth-order valence-electron chi connectivity index (χ4n) is 3.79. The number of rotatable bonds is 5. The van der Waals surface area contributed by atoms with Crippen LogP contribution in [-0.2, 0) is 4.74 Å². The van der Waals surface area contributed by atoms with Crippen molar-refractivity contribution in [1.29, 1.82) is 0 Å². The summed E-state index contributed by atoms with van der Waals surface area (Å²) in [6, 6.07) is 13.3. The molecule has 9 nitrogen and oxygen atoms in total. The van der Waals surface area contributed by atoms with E-state index in [0.717, 1.165) is 10.7 Å². The van der Waals surface area contributed by atoms with Crippen molar-refractivity contribution in [3.05, 3.63) is 66.1 Å². The van der Waals surface area contributed by atoms with Gasteiger partial charge in [0.15, 0.2) is 10.9 Å². The minimum atomic E-state index is -0.572. The molecule has 5 rings (SSSR count). The summed E-state index contributed by atoms with van der Waals surface area (Å²) >= 11 is 1.36. The van der Waals surface area contributed by atoms with E-state index in [-0.39, 0.29) is 11.6 Å². The third kappa shape index (κ3) is 5.11. The number of thiazole rings is 1. The van der Waals surface area contributed by atoms with E-state index in [1.807, 2.05) is 19.1 Å². The van der Waals surface area contributed by atoms with Crippen LogP contribution in [0.4, 0.5) is 31.6 Å². The SMILES string of the molecule is Cc1ccc(NC(=O)Nc2cccc(-c3sc(N4CCOCC4)nc3-c3ccnc(N)n3)c2F)cc1. The number of benzene rings is 2. The number of hydrogen-bond donors (Lipinski definition) is 3. The lowest BCUT2D eigenvalue weighted by Crippen LogP contribution is -2.36. The smallest absolute Gasteiger partial charge is 0.323 e. The molecule has 184 valence electrons. The Morgan fingerprint density at radius 3 is 2.61 bits per heavy atom. The van der Waals surface area contributed by atoms with E-state index >= 15 is 4.39 Å². The maximum Gasteiger partial charge on any atom is 0.323 e. The molecule has 11 heteroatoms. The van der Waals surface area contributed by atoms with Gasteiger partial charge < -0.3 is 26.0 Å². The summed E-state index contributed by atoms with van der Waals surface area (Å²) in [6.07, 6.45) is 1.54. The van der Waals surface area contributed by atoms with E-state index in [9.17, 15) is 4.79 Å². The third-order valence-electron chi connectivity index (χ3n) is 5.62. The van der Waals surface area contributed by atoms with Gasteiger partial charge in [0.2, 0.25) is 5.95 Å². The average molecular weight is 506 g/mol. The van der Waals surface area contributed by atoms with Crippen molar-refractivity contribution in [1.82, 2.24) is 15.0 Å². The van der Waals surface area contributed by atoms with Gasteiger partial charge in [0.25, 0.3) is 0 Å². The topological polar surface area (TPSA) is 118 Å². The number of nitrogens with one attached hydrogen (secondary N) is 2. The van der Waals surface area contributed by atoms with Crippen LogP contribution in [0.2, 0.25) is 0 Å². The van der Waals surface area contributed by atoms with Crippen molar-refractivity contribution in [2.45, 2.75) is 6.92 Å². The molecule has 1 fully saturated rings. The first kappa shape index (κ1) is 23.6. The summed E-state index contributed by atoms with van der Waals surface area (Å²) in [7, 11) is 0. The van der Waals surface area contributed by atoms with Gasteiger partial charge in [-0.3, -0.25) is 0 Å². The second-order valence-electron chi connectivity index (χ2n) is 8.19. The van der Waals surface area contributed by atoms with E-state index in [0.29, 0.717) is 53.8 Å². The van der Waals surface area contributed by atoms with E-state index in [1.54, 1.807) is 36.5 Å². The molecular weight excluding hydrogens is 481 g/mol. The van der Waals surface area contributed by atoms with Crippen LogP contribution in [0.5, 0.6) is 0 Å². The van der Waals surface area contributed by atoms with Gasteiger partial charge in [-0.1, -0.05) is 41.2 Å². The minimum absolute atomic E-state index is 0.0478. The second-order valence-corrected chi connectivity index (χ2v) is 9.16. The van der Waals surface area contributed by atoms with Gasteiger partial charge in [0.1, 0.15) is 5.69 Å². The fourth-order valence-corrected chi connectivity index (χ4v) is 4.93. The van der Waals surface area contributed by atoms with Crippen LogP contribution >= 0.6 is 11.3 Å². The highest BCUT2D eigenvalue weighted by Gasteiger charge is 2.24. The van der Waals surface area contributed by atoms with Gasteiger partial charge in [-0.15, -0.1) is 0 Å². The zero-order valence-corrected chi connectivity index (χ0v) is 20.3. The van der Waals surface area contributed by atoms with E-state index in [1.165, 1.54) is 17.4 Å². The Labute approximate surface area is 211 Å². The monoisotopic (exact) mass is 505 g/mol. The summed E-state index contributed by atoms with van der Waals surface area (Å²) in [6.45, 7) is 4.50. The molecule has 2 aromatic carbocycles. The molecule has 0 spiro atoms. The standard InChI is InChI=1S/C25H24FN7O2S/c1-15-5-7-16(8-6-15)29-24(34)31-18-4-2-3-17(20(18)26)22-21(19-9-10-28-23(27)30-19)32-25(36-22)33-11-13-35-14-12-33/h2-10H,11-14H2,1H3,(H2,27,28,30)(H2,29,31,34). The average Bonchev–Trinajstić information content (AvgIpc) is 3.33. The Morgan fingerprint density at radius 2 is 1.86 bits per heavy atom. The molecule has 2 amide bonds. The molecule has 0 radical (unpaired) electrons. The summed E-state index contributed by atoms with van der Waals surface area (Å²) in [5.74, 6) is -0.472. The number of morpholine rings is 1. The predicted molar refractivity (Wildman–Crippen MR) is 140 cm³/mol. The lowest BCUT2D eigenvalue weighted by molar-refractivity contribution is 0.122. The number of halogens is 1. The van der Waals surface area contributed by atoms with Crippen LogP contribution < -0.4 is 21.3 Å². The van der Waals surface area contributed by atoms with Gasteiger partial charge in [0, 0.05) is 30.5 Å². The summed E-state index contributed by atoms with van der Waals surface area (Å²) in [5, 5.41) is 6.06. The van der Waals surface area contributed by atoms with Crippen molar-refractivity contribution in [3.63, 3.8) is 0 Å². The second kappa shape index (κ2) is 10.3. The number of amides is 2. The lowest BCUT2D eigenvalue weighted by Gasteiger charge is -2.26. The number of aromatic nitrogens is 3. The predicted octanol–water partition coefficient (Wildman–Crippen LogP) is 4.78. The Balaban J connectivity index is 1.49. The molecule has 36 heavy (non-hydrogen) atoms. The molecule has 1 aliphatic heterocycles. The Hall–Kier alpha value is -4.09. The molecule has 0 saturated carbocycles. The number of nitrogen functional groups attached to an aromatic ring is 1. The number of aryl methyl sites for hydroxylation is 1. The highest BCUT2D eigenvalue weighted by molar-refractivity contribution is 7.19. The zero-order chi connectivity index (χ0) is 25.1. The van der Waals surface area contributed by atoms with Crippen molar-refractivity contribution in [3.8, 4) is 21.8 Å². The highest BCUT2D eigenvalue weighted by Crippen LogP contribution is 2.42. The molecule has 4 N–H and O–H groups in total. The summed E-state index contributed by atoms with van der Waals surface area (Å²) in [5.41, 5.74) is 8.82. The molecule has 4 aromatic rings. The number of anilines is 4. The molecule has 0 atom stereocenters. The van der Waals surface area contributed by atoms with Crippen LogP contribution in [0.3, 0.4) is 0 Å². The lowest BCUT2D eigenvalue weighted by atomic mass is 10.1. The van der Waals surface area contributed by atoms with E-state index in [2.05, 4.69) is 25.5 Å². The summed E-state index contributed by atoms with van der Waals surface area (Å²) in [4.78, 5) is 28.3. The quantitative estimate of drug-likeness (QED) is 0.357. The molecule has 0 aliphatic carbocycles. The van der Waals surface area contributed by atoms with E-state index in [4.69, 9.17) is 15.5 Å². The minimum Gasteiger partial charge on any atom is -0.378 e. The number of carbonyl (C=O) groups is 1. The van der Waals surface area contributed by atoms with Gasteiger partial charge >= 0.3 is 6.03 Å². The zero-order valence-electron chi connectivity index (χ0n) is 19.5. The first-order valence-electron chi connectivity index (χ1n) is 11.3. The highest BCUT2D eigenvalue weighted by atomic mass is 32.1. The number of nitrogens with zero attached hydrogens (tertiary/aromatic N) is 4. The largest absolute Gasteiger partial charge is 0.378 e. The number of hydrogen-bond acceptors (Lipinski definition) is 8. The Bertz CT molecular complexity index is 1390. The maximum atomic E-state index is 15.8. The third-order valence-corrected chi connectivity index (χ3v) is 6.76. The summed E-state index contributed by atoms with van der Waals surface area (Å²) < 4.78 is 21.2. The number of urea groups is 1. The van der Waals surface area contributed by atoms with E-state index < -0.39 is 11.8 Å². The van der Waals surface area contributed by atoms with Gasteiger partial charge in [-0.2, -0.15) is 0 Å². The normalized spacial score (nSPS) is 13.4. The number of nitrogens with two attached hydrogens (primary N) is 1. The molecular formula is C25H24FN7O2S. The molecule has 2 aromatic heterocycles. The van der Waals surface area contributed by atoms with Crippen LogP contribution in [0.1, 0.15) is 5.56 Å². The van der Waals surface area contributed by atoms with Crippen LogP contribution in [0.15, 0.2) is 54.7 Å². The van der Waals surface area contributed by atoms with Gasteiger partial charge in [-0.05, 0) is 31.2 Å². The van der Waals surface area contributed by atoms with Crippen LogP contribution in [0, 0.1) is 12.7 Å². The van der Waals surface area contributed by atoms with Crippen molar-refractivity contribution in [2.24, 2.45) is 0 Å². The van der Waals surface area contributed by atoms with Crippen LogP contribution in [-0.4, -0.2) is 47.3 Å². The maximum absolute atomic E-state index is 15.8. The van der Waals surface area contributed by atoms with Crippen molar-refractivity contribution in [2.75, 3.05) is 47.6 Å².